The van der Waals surface area contributed by atoms with E-state index in [1.807, 2.05) is 51.1 Å². The topological polar surface area (TPSA) is 157 Å². The minimum atomic E-state index is -0.133. The summed E-state index contributed by atoms with van der Waals surface area (Å²) in [6, 6.07) is 14.7. The molecule has 2 aliphatic heterocycles. The Balaban J connectivity index is 0.000000179. The number of carbonyl (C=O) groups excluding carboxylic acids is 2. The van der Waals surface area contributed by atoms with Crippen molar-refractivity contribution < 1.29 is 42.7 Å². The second-order valence-corrected chi connectivity index (χ2v) is 14.7. The average Bonchev–Trinajstić information content (AvgIpc) is 3.97. The Bertz CT molecular complexity index is 2160. The fourth-order valence-electron chi connectivity index (χ4n) is 8.17. The number of nitrogen functional groups attached to an aromatic ring is 2. The molecule has 8 rings (SSSR count). The Labute approximate surface area is 346 Å². The Morgan fingerprint density at radius 2 is 1.03 bits per heavy atom. The Hall–Kier alpha value is -5.50. The van der Waals surface area contributed by atoms with Crippen molar-refractivity contribution in [2.45, 2.75) is 40.0 Å². The molecule has 4 N–H and O–H groups in total. The van der Waals surface area contributed by atoms with Crippen LogP contribution in [0, 0.1) is 0 Å². The van der Waals surface area contributed by atoms with E-state index >= 15 is 0 Å². The fraction of sp³-hybridized carbons (Fsp3) is 0.435. The van der Waals surface area contributed by atoms with Crippen molar-refractivity contribution in [3.05, 3.63) is 70.8 Å². The molecule has 2 saturated heterocycles. The number of hydrogen-bond acceptors (Lipinski definition) is 13. The molecule has 0 radical (unpaired) electrons. The van der Waals surface area contributed by atoms with Gasteiger partial charge >= 0.3 is 0 Å². The van der Waals surface area contributed by atoms with Gasteiger partial charge in [0.15, 0.2) is 11.6 Å². The molecular weight excluding hydrogens is 753 g/mol. The molecular formula is C46H56N4O9. The van der Waals surface area contributed by atoms with Gasteiger partial charge in [0.2, 0.25) is 0 Å². The second-order valence-electron chi connectivity index (χ2n) is 14.7. The van der Waals surface area contributed by atoms with E-state index in [1.165, 1.54) is 12.8 Å². The molecule has 2 aliphatic carbocycles. The summed E-state index contributed by atoms with van der Waals surface area (Å²) in [6.45, 7) is 15.6. The standard InChI is InChI=1S/C24H30N2O4.C22H26N2O5/c1-3-13-29-18-15-19(28-4-2)23(25)22-21(18)20-16(24(22)27)8-7-9-17(20)30-14-12-26-10-5-6-11-26;1-3-28-17-13-16(26-2)19-18-14(22(25)20(19)21(17)23)5-4-6-15(18)29-12-9-24-7-10-27-11-8-24/h7-9,15H,3-6,10-14,25H2,1-2H3;4-6,13H,3,7-12,23H2,1-2H3. The van der Waals surface area contributed by atoms with Crippen molar-refractivity contribution in [3.63, 3.8) is 0 Å². The number of anilines is 2. The van der Waals surface area contributed by atoms with Crippen molar-refractivity contribution in [2.75, 3.05) is 104 Å². The predicted octanol–water partition coefficient (Wildman–Crippen LogP) is 6.74. The van der Waals surface area contributed by atoms with E-state index in [9.17, 15) is 9.59 Å². The summed E-state index contributed by atoms with van der Waals surface area (Å²) in [5, 5.41) is 0. The Kier molecular flexibility index (Phi) is 13.4. The highest BCUT2D eigenvalue weighted by molar-refractivity contribution is 6.27. The zero-order valence-corrected chi connectivity index (χ0v) is 34.7. The molecule has 2 fully saturated rings. The van der Waals surface area contributed by atoms with Gasteiger partial charge in [-0.1, -0.05) is 31.2 Å². The van der Waals surface area contributed by atoms with Crippen LogP contribution in [0.5, 0.6) is 34.5 Å². The summed E-state index contributed by atoms with van der Waals surface area (Å²) in [5.74, 6) is 3.23. The molecule has 13 heteroatoms. The molecule has 0 atom stereocenters. The molecule has 4 aliphatic rings. The van der Waals surface area contributed by atoms with E-state index in [0.717, 1.165) is 75.6 Å². The van der Waals surface area contributed by atoms with E-state index < -0.39 is 0 Å². The van der Waals surface area contributed by atoms with Crippen LogP contribution in [0.1, 0.15) is 71.9 Å². The number of rotatable bonds is 16. The molecule has 0 spiro atoms. The van der Waals surface area contributed by atoms with Gasteiger partial charge in [-0.15, -0.1) is 0 Å². The van der Waals surface area contributed by atoms with Crippen molar-refractivity contribution in [1.29, 1.82) is 0 Å². The summed E-state index contributed by atoms with van der Waals surface area (Å²) < 4.78 is 40.6. The van der Waals surface area contributed by atoms with Gasteiger partial charge in [-0.25, -0.2) is 0 Å². The van der Waals surface area contributed by atoms with Gasteiger partial charge in [0.05, 0.1) is 62.6 Å². The minimum Gasteiger partial charge on any atom is -0.496 e. The van der Waals surface area contributed by atoms with Gasteiger partial charge in [-0.3, -0.25) is 19.4 Å². The first-order chi connectivity index (χ1) is 28.8. The SMILES string of the molecule is CCCOc1cc(OCC)c(N)c2c1-c1c(OCCN3CCCC3)cccc1C2=O.CCOc1cc(OC)c2c(c1N)C(=O)c1cccc(OCCN3CCOCC3)c1-2. The molecule has 0 unspecified atom stereocenters. The Morgan fingerprint density at radius 1 is 0.559 bits per heavy atom. The third-order valence-corrected chi connectivity index (χ3v) is 11.0. The van der Waals surface area contributed by atoms with Gasteiger partial charge in [0.1, 0.15) is 47.7 Å². The molecule has 0 aromatic heterocycles. The van der Waals surface area contributed by atoms with Gasteiger partial charge in [-0.2, -0.15) is 0 Å². The number of ketones is 2. The molecule has 0 saturated carbocycles. The number of ether oxygens (including phenoxy) is 7. The van der Waals surface area contributed by atoms with Crippen LogP contribution in [0.25, 0.3) is 22.3 Å². The number of carbonyl (C=O) groups is 2. The van der Waals surface area contributed by atoms with E-state index in [2.05, 4.69) is 9.80 Å². The summed E-state index contributed by atoms with van der Waals surface area (Å²) in [6.07, 6.45) is 3.36. The second kappa shape index (κ2) is 19.0. The lowest BCUT2D eigenvalue weighted by Crippen LogP contribution is -2.38. The maximum absolute atomic E-state index is 13.3. The van der Waals surface area contributed by atoms with Gasteiger partial charge < -0.3 is 44.6 Å². The molecule has 13 nitrogen and oxygen atoms in total. The lowest BCUT2D eigenvalue weighted by Gasteiger charge is -2.26. The molecule has 0 bridgehead atoms. The van der Waals surface area contributed by atoms with E-state index in [4.69, 9.17) is 44.6 Å². The zero-order valence-electron chi connectivity index (χ0n) is 34.7. The van der Waals surface area contributed by atoms with E-state index in [-0.39, 0.29) is 11.6 Å². The maximum Gasteiger partial charge on any atom is 0.196 e. The number of nitrogens with two attached hydrogens (primary N) is 2. The number of likely N-dealkylation sites (tertiary alicyclic amines) is 1. The number of benzene rings is 4. The van der Waals surface area contributed by atoms with Crippen LogP contribution in [-0.2, 0) is 4.74 Å². The zero-order chi connectivity index (χ0) is 41.5. The highest BCUT2D eigenvalue weighted by Crippen LogP contribution is 2.53. The predicted molar refractivity (Wildman–Crippen MR) is 228 cm³/mol. The van der Waals surface area contributed by atoms with Crippen LogP contribution >= 0.6 is 0 Å². The lowest BCUT2D eigenvalue weighted by molar-refractivity contribution is 0.0323. The third kappa shape index (κ3) is 8.50. The molecule has 314 valence electrons. The number of hydrogen-bond donors (Lipinski definition) is 2. The minimum absolute atomic E-state index is 0.106. The van der Waals surface area contributed by atoms with Crippen LogP contribution in [0.15, 0.2) is 48.5 Å². The number of methoxy groups -OCH3 is 1. The number of morpholine rings is 1. The van der Waals surface area contributed by atoms with Crippen LogP contribution in [0.3, 0.4) is 0 Å². The fourth-order valence-corrected chi connectivity index (χ4v) is 8.17. The highest BCUT2D eigenvalue weighted by Gasteiger charge is 2.37. The first-order valence-corrected chi connectivity index (χ1v) is 20.8. The molecule has 4 aromatic carbocycles. The molecule has 0 amide bonds. The number of nitrogens with zero attached hydrogens (tertiary/aromatic N) is 2. The third-order valence-electron chi connectivity index (χ3n) is 11.0. The molecule has 4 aromatic rings. The first-order valence-electron chi connectivity index (χ1n) is 20.8. The lowest BCUT2D eigenvalue weighted by atomic mass is 10.0. The van der Waals surface area contributed by atoms with E-state index in [1.54, 1.807) is 25.3 Å². The van der Waals surface area contributed by atoms with Gasteiger partial charge in [0.25, 0.3) is 0 Å². The van der Waals surface area contributed by atoms with Crippen molar-refractivity contribution in [3.8, 4) is 56.8 Å². The van der Waals surface area contributed by atoms with Crippen molar-refractivity contribution in [1.82, 2.24) is 9.80 Å². The van der Waals surface area contributed by atoms with Crippen LogP contribution in [0.4, 0.5) is 11.4 Å². The smallest absolute Gasteiger partial charge is 0.196 e. The van der Waals surface area contributed by atoms with Crippen molar-refractivity contribution >= 4 is 22.9 Å². The van der Waals surface area contributed by atoms with Gasteiger partial charge in [-0.05, 0) is 58.3 Å². The average molecular weight is 809 g/mol. The van der Waals surface area contributed by atoms with Crippen LogP contribution in [0.2, 0.25) is 0 Å². The summed E-state index contributed by atoms with van der Waals surface area (Å²) >= 11 is 0. The van der Waals surface area contributed by atoms with Crippen molar-refractivity contribution in [2.24, 2.45) is 0 Å². The summed E-state index contributed by atoms with van der Waals surface area (Å²) in [7, 11) is 1.58. The molecule has 59 heavy (non-hydrogen) atoms. The van der Waals surface area contributed by atoms with Crippen LogP contribution in [-0.4, -0.2) is 114 Å². The van der Waals surface area contributed by atoms with Crippen LogP contribution < -0.4 is 39.9 Å². The highest BCUT2D eigenvalue weighted by atomic mass is 16.5. The summed E-state index contributed by atoms with van der Waals surface area (Å²) in [5.41, 5.74) is 18.3. The normalized spacial score (nSPS) is 15.5. The largest absolute Gasteiger partial charge is 0.496 e. The Morgan fingerprint density at radius 3 is 1.53 bits per heavy atom. The monoisotopic (exact) mass is 808 g/mol. The maximum atomic E-state index is 13.3. The first kappa shape index (κ1) is 41.7. The number of fused-ring (bicyclic) bond motifs is 6. The summed E-state index contributed by atoms with van der Waals surface area (Å²) in [4.78, 5) is 31.1. The van der Waals surface area contributed by atoms with Gasteiger partial charge in [0, 0.05) is 71.7 Å². The van der Waals surface area contributed by atoms with E-state index in [0.29, 0.717) is 107 Å². The quantitative estimate of drug-likeness (QED) is 0.0992. The molecule has 2 heterocycles.